The summed E-state index contributed by atoms with van der Waals surface area (Å²) in [7, 11) is 5.99. The number of piperidine rings is 1. The molecule has 13 heteroatoms. The first-order valence-electron chi connectivity index (χ1n) is 19.8. The van der Waals surface area contributed by atoms with Gasteiger partial charge in [0.1, 0.15) is 17.3 Å². The lowest BCUT2D eigenvalue weighted by Gasteiger charge is -2.63. The number of carbonyl (C=O) groups excluding carboxylic acids is 3. The van der Waals surface area contributed by atoms with E-state index in [2.05, 4.69) is 16.8 Å². The van der Waals surface area contributed by atoms with Gasteiger partial charge in [0.05, 0.1) is 38.6 Å². The SMILES string of the molecule is CCC1CN2CC(C[C@](C(=O)OC)(c3cc4c(cc3OC)N(C)[C@H]3[C@@](O)(C(=O)OC)[C@H](O)[C@]5(CC)C=CCN6CC[C@]43[C@H]65)c3[nH]c4ccccc4c3C2=O)C1Cl. The first kappa shape index (κ1) is 37.5. The second-order valence-electron chi connectivity index (χ2n) is 17.0. The number of nitrogens with zero attached hydrogens (tertiary/aromatic N) is 3. The maximum Gasteiger partial charge on any atom is 0.342 e. The van der Waals surface area contributed by atoms with Gasteiger partial charge in [-0.2, -0.15) is 0 Å². The third kappa shape index (κ3) is 4.34. The van der Waals surface area contributed by atoms with E-state index in [0.717, 1.165) is 12.0 Å². The van der Waals surface area contributed by atoms with E-state index in [0.29, 0.717) is 78.2 Å². The zero-order chi connectivity index (χ0) is 39.7. The minimum atomic E-state index is -2.33. The molecule has 1 amide bonds. The van der Waals surface area contributed by atoms with Crippen LogP contribution in [-0.2, 0) is 29.9 Å². The number of halogens is 1. The lowest BCUT2D eigenvalue weighted by atomic mass is 9.47. The fourth-order valence-corrected chi connectivity index (χ4v) is 13.2. The minimum absolute atomic E-state index is 0.00680. The van der Waals surface area contributed by atoms with E-state index in [1.807, 2.05) is 72.3 Å². The van der Waals surface area contributed by atoms with Crippen LogP contribution in [0.2, 0.25) is 0 Å². The average molecular weight is 787 g/mol. The molecule has 1 saturated carbocycles. The van der Waals surface area contributed by atoms with Crippen LogP contribution in [0.15, 0.2) is 48.6 Å². The number of anilines is 1. The molecule has 2 saturated heterocycles. The molecule has 56 heavy (non-hydrogen) atoms. The number of methoxy groups -OCH3 is 3. The number of H-pyrrole nitrogens is 1. The Balaban J connectivity index is 1.38. The zero-order valence-corrected chi connectivity index (χ0v) is 33.6. The number of fused-ring (bicyclic) bond motifs is 6. The summed E-state index contributed by atoms with van der Waals surface area (Å²) in [5.41, 5.74) is -2.29. The molecule has 2 bridgehead atoms. The summed E-state index contributed by atoms with van der Waals surface area (Å²) in [5.74, 6) is -1.55. The Labute approximate surface area is 331 Å². The Morgan fingerprint density at radius 2 is 1.79 bits per heavy atom. The molecule has 1 spiro atoms. The van der Waals surface area contributed by atoms with Crippen LogP contribution in [0.25, 0.3) is 10.9 Å². The van der Waals surface area contributed by atoms with Crippen molar-refractivity contribution < 1.29 is 38.8 Å². The number of ether oxygens (including phenoxy) is 3. The van der Waals surface area contributed by atoms with Crippen molar-refractivity contribution in [3.8, 4) is 5.75 Å². The molecular weight excluding hydrogens is 736 g/mol. The standard InChI is InChI=1S/C43H51ClN4O8/c1-7-23-21-48-22-24(32(23)44)20-42(38(51)55-5,33-31(34(48)49)25-12-9-10-13-28(25)45-33)27-18-26-29(19-30(27)54-4)46(3)36-41(26)15-17-47-16-11-14-40(8-2,35(41)47)37(50)43(36,53)39(52)56-6/h9-14,18-19,23-24,32,35-37,45,50,53H,7-8,15-17,20-22H2,1-6H3/t23?,24?,32?,35-,36-,37-,40-,41-,42+,43+/m1/s1. The number of aliphatic hydroxyl groups is 2. The van der Waals surface area contributed by atoms with Crippen molar-refractivity contribution >= 4 is 46.0 Å². The van der Waals surface area contributed by atoms with Crippen molar-refractivity contribution in [1.29, 1.82) is 0 Å². The van der Waals surface area contributed by atoms with Crippen molar-refractivity contribution in [2.45, 2.75) is 79.5 Å². The highest BCUT2D eigenvalue weighted by Gasteiger charge is 2.79. The Hall–Kier alpha value is -4.10. The van der Waals surface area contributed by atoms with E-state index in [9.17, 15) is 19.8 Å². The Morgan fingerprint density at radius 1 is 1.04 bits per heavy atom. The average Bonchev–Trinajstić information content (AvgIpc) is 3.88. The maximum atomic E-state index is 15.2. The van der Waals surface area contributed by atoms with E-state index in [-0.39, 0.29) is 35.6 Å². The third-order valence-corrected chi connectivity index (χ3v) is 15.7. The summed E-state index contributed by atoms with van der Waals surface area (Å²) in [4.78, 5) is 53.8. The van der Waals surface area contributed by atoms with Crippen LogP contribution in [0, 0.1) is 17.3 Å². The van der Waals surface area contributed by atoms with E-state index in [1.165, 1.54) is 14.2 Å². The second kappa shape index (κ2) is 12.7. The van der Waals surface area contributed by atoms with Crippen LogP contribution in [0.5, 0.6) is 5.75 Å². The van der Waals surface area contributed by atoms with Gasteiger partial charge in [-0.25, -0.2) is 4.79 Å². The van der Waals surface area contributed by atoms with Crippen molar-refractivity contribution in [3.05, 3.63) is 70.9 Å². The summed E-state index contributed by atoms with van der Waals surface area (Å²) < 4.78 is 17.4. The smallest absolute Gasteiger partial charge is 0.342 e. The Morgan fingerprint density at radius 3 is 2.48 bits per heavy atom. The summed E-state index contributed by atoms with van der Waals surface area (Å²) in [6.45, 7) is 6.25. The second-order valence-corrected chi connectivity index (χ2v) is 17.5. The summed E-state index contributed by atoms with van der Waals surface area (Å²) in [6.07, 6.45) is 4.51. The Bertz CT molecular complexity index is 2190. The normalized spacial score (nSPS) is 37.0. The molecule has 5 aliphatic heterocycles. The molecule has 298 valence electrons. The molecule has 3 N–H and O–H groups in total. The number of alkyl halides is 1. The number of para-hydroxylation sites is 1. The highest BCUT2D eigenvalue weighted by molar-refractivity contribution is 6.21. The lowest BCUT2D eigenvalue weighted by Crippen LogP contribution is -2.80. The molecule has 9 rings (SSSR count). The summed E-state index contributed by atoms with van der Waals surface area (Å²) in [6, 6.07) is 10.2. The van der Waals surface area contributed by atoms with Crippen LogP contribution < -0.4 is 9.64 Å². The number of amides is 1. The van der Waals surface area contributed by atoms with Gasteiger partial charge in [-0.05, 0) is 55.3 Å². The molecule has 1 aromatic heterocycles. The zero-order valence-electron chi connectivity index (χ0n) is 32.8. The van der Waals surface area contributed by atoms with Gasteiger partial charge < -0.3 is 39.2 Å². The first-order valence-corrected chi connectivity index (χ1v) is 20.3. The number of aromatic amines is 1. The topological polar surface area (TPSA) is 145 Å². The Kier molecular flexibility index (Phi) is 8.50. The number of aliphatic hydroxyl groups excluding tert-OH is 1. The van der Waals surface area contributed by atoms with Crippen LogP contribution in [0.1, 0.15) is 66.7 Å². The molecule has 12 nitrogen and oxygen atoms in total. The van der Waals surface area contributed by atoms with Crippen molar-refractivity contribution in [3.63, 3.8) is 0 Å². The fraction of sp³-hybridized carbons (Fsp3) is 0.558. The largest absolute Gasteiger partial charge is 0.496 e. The van der Waals surface area contributed by atoms with Gasteiger partial charge in [0.2, 0.25) is 5.60 Å². The van der Waals surface area contributed by atoms with Crippen molar-refractivity contribution in [1.82, 2.24) is 14.8 Å². The number of benzene rings is 2. The lowest BCUT2D eigenvalue weighted by molar-refractivity contribution is -0.218. The van der Waals surface area contributed by atoms with E-state index >= 15 is 4.79 Å². The molecular formula is C43H51ClN4O8. The number of esters is 2. The summed E-state index contributed by atoms with van der Waals surface area (Å²) >= 11 is 7.37. The van der Waals surface area contributed by atoms with Crippen molar-refractivity contribution in [2.75, 3.05) is 59.5 Å². The quantitative estimate of drug-likeness (QED) is 0.190. The van der Waals surface area contributed by atoms with Crippen LogP contribution in [0.4, 0.5) is 5.69 Å². The number of hydrogen-bond acceptors (Lipinski definition) is 10. The van der Waals surface area contributed by atoms with E-state index in [4.69, 9.17) is 25.8 Å². The highest BCUT2D eigenvalue weighted by atomic mass is 35.5. The molecule has 3 unspecified atom stereocenters. The molecule has 10 atom stereocenters. The van der Waals surface area contributed by atoms with Crippen molar-refractivity contribution in [2.24, 2.45) is 17.3 Å². The molecule has 6 heterocycles. The number of rotatable bonds is 6. The molecule has 6 aliphatic rings. The number of aromatic nitrogens is 1. The van der Waals surface area contributed by atoms with Gasteiger partial charge >= 0.3 is 11.9 Å². The predicted molar refractivity (Wildman–Crippen MR) is 210 cm³/mol. The predicted octanol–water partition coefficient (Wildman–Crippen LogP) is 4.12. The van der Waals surface area contributed by atoms with Gasteiger partial charge in [-0.3, -0.25) is 14.5 Å². The molecule has 1 aliphatic carbocycles. The van der Waals surface area contributed by atoms with Gasteiger partial charge in [0.15, 0.2) is 0 Å². The highest BCUT2D eigenvalue weighted by Crippen LogP contribution is 2.67. The van der Waals surface area contributed by atoms with Gasteiger partial charge in [0.25, 0.3) is 5.91 Å². The van der Waals surface area contributed by atoms with Crippen LogP contribution >= 0.6 is 11.6 Å². The van der Waals surface area contributed by atoms with E-state index < -0.39 is 45.9 Å². The number of nitrogens with one attached hydrogen (secondary N) is 1. The maximum absolute atomic E-state index is 15.2. The minimum Gasteiger partial charge on any atom is -0.496 e. The number of carbonyl (C=O) groups is 3. The summed E-state index contributed by atoms with van der Waals surface area (Å²) in [5, 5.41) is 25.7. The molecule has 3 aromatic rings. The van der Waals surface area contributed by atoms with E-state index in [1.54, 1.807) is 7.11 Å². The molecule has 0 radical (unpaired) electrons. The van der Waals surface area contributed by atoms with Gasteiger partial charge in [0, 0.05) is 77.2 Å². The number of hydrogen-bond donors (Lipinski definition) is 3. The number of likely N-dealkylation sites (N-methyl/N-ethyl adjacent to an activating group) is 1. The molecule has 3 fully saturated rings. The monoisotopic (exact) mass is 786 g/mol. The first-order chi connectivity index (χ1) is 26.8. The molecule has 2 aromatic carbocycles. The third-order valence-electron chi connectivity index (χ3n) is 15.0. The van der Waals surface area contributed by atoms with Crippen LogP contribution in [0.3, 0.4) is 0 Å². The van der Waals surface area contributed by atoms with Gasteiger partial charge in [-0.15, -0.1) is 11.6 Å². The fourth-order valence-electron chi connectivity index (χ4n) is 12.7. The van der Waals surface area contributed by atoms with Crippen LogP contribution in [-0.4, -0.2) is 127 Å². The van der Waals surface area contributed by atoms with Gasteiger partial charge in [-0.1, -0.05) is 50.6 Å².